The number of rotatable bonds is 3. The van der Waals surface area contributed by atoms with E-state index in [2.05, 4.69) is 33.2 Å². The van der Waals surface area contributed by atoms with Gasteiger partial charge in [-0.05, 0) is 47.6 Å². The molecule has 1 N–H and O–H groups in total. The lowest BCUT2D eigenvalue weighted by atomic mass is 10.2. The number of hydrogen-bond donors (Lipinski definition) is 1. The highest BCUT2D eigenvalue weighted by atomic mass is 79.9. The second-order valence-corrected chi connectivity index (χ2v) is 5.57. The number of aryl methyl sites for hydroxylation is 1. The van der Waals surface area contributed by atoms with Gasteiger partial charge in [-0.25, -0.2) is 4.39 Å². The van der Waals surface area contributed by atoms with Crippen LogP contribution in [-0.4, -0.2) is 44.3 Å². The standard InChI is InChI=1S/C13H18BrFN2O/c1-9-5-11(14)12(15)6-13(9)16-7-10-8-17(2)3-4-18-10/h5-6,10,16H,3-4,7-8H2,1-2H3. The van der Waals surface area contributed by atoms with Crippen molar-refractivity contribution in [2.75, 3.05) is 38.6 Å². The first-order chi connectivity index (χ1) is 8.56. The predicted molar refractivity (Wildman–Crippen MR) is 74.6 cm³/mol. The van der Waals surface area contributed by atoms with E-state index in [4.69, 9.17) is 4.74 Å². The van der Waals surface area contributed by atoms with E-state index in [9.17, 15) is 4.39 Å². The van der Waals surface area contributed by atoms with Crippen molar-refractivity contribution < 1.29 is 9.13 Å². The normalized spacial score (nSPS) is 21.0. The van der Waals surface area contributed by atoms with Crippen molar-refractivity contribution in [1.82, 2.24) is 4.90 Å². The molecule has 0 aliphatic carbocycles. The van der Waals surface area contributed by atoms with Crippen molar-refractivity contribution in [2.45, 2.75) is 13.0 Å². The number of ether oxygens (including phenoxy) is 1. The molecule has 5 heteroatoms. The predicted octanol–water partition coefficient (Wildman–Crippen LogP) is 2.64. The lowest BCUT2D eigenvalue weighted by Gasteiger charge is -2.30. The van der Waals surface area contributed by atoms with Gasteiger partial charge in [-0.15, -0.1) is 0 Å². The Hall–Kier alpha value is -0.650. The molecule has 1 aliphatic heterocycles. The van der Waals surface area contributed by atoms with Gasteiger partial charge in [0, 0.05) is 25.3 Å². The number of anilines is 1. The largest absolute Gasteiger partial charge is 0.382 e. The Morgan fingerprint density at radius 2 is 2.33 bits per heavy atom. The van der Waals surface area contributed by atoms with Crippen molar-refractivity contribution in [3.8, 4) is 0 Å². The highest BCUT2D eigenvalue weighted by Crippen LogP contribution is 2.24. The minimum atomic E-state index is -0.246. The highest BCUT2D eigenvalue weighted by Gasteiger charge is 2.17. The van der Waals surface area contributed by atoms with E-state index in [-0.39, 0.29) is 11.9 Å². The molecular formula is C13H18BrFN2O. The summed E-state index contributed by atoms with van der Waals surface area (Å²) >= 11 is 3.18. The molecule has 1 saturated heterocycles. The molecule has 0 saturated carbocycles. The van der Waals surface area contributed by atoms with Gasteiger partial charge in [-0.1, -0.05) is 0 Å². The average molecular weight is 317 g/mol. The molecule has 100 valence electrons. The number of nitrogens with zero attached hydrogens (tertiary/aromatic N) is 1. The fourth-order valence-corrected chi connectivity index (χ4v) is 2.51. The second kappa shape index (κ2) is 5.99. The van der Waals surface area contributed by atoms with Crippen LogP contribution in [0.1, 0.15) is 5.56 Å². The van der Waals surface area contributed by atoms with Crippen LogP contribution in [0.3, 0.4) is 0 Å². The summed E-state index contributed by atoms with van der Waals surface area (Å²) < 4.78 is 19.6. The molecule has 1 aliphatic rings. The van der Waals surface area contributed by atoms with Crippen molar-refractivity contribution in [3.63, 3.8) is 0 Å². The minimum Gasteiger partial charge on any atom is -0.382 e. The van der Waals surface area contributed by atoms with Gasteiger partial charge >= 0.3 is 0 Å². The zero-order valence-electron chi connectivity index (χ0n) is 10.7. The number of hydrogen-bond acceptors (Lipinski definition) is 3. The quantitative estimate of drug-likeness (QED) is 0.927. The van der Waals surface area contributed by atoms with Crippen LogP contribution < -0.4 is 5.32 Å². The molecular weight excluding hydrogens is 299 g/mol. The molecule has 1 aromatic rings. The zero-order valence-corrected chi connectivity index (χ0v) is 12.3. The van der Waals surface area contributed by atoms with Gasteiger partial charge in [-0.3, -0.25) is 0 Å². The van der Waals surface area contributed by atoms with Crippen molar-refractivity contribution in [2.24, 2.45) is 0 Å². The monoisotopic (exact) mass is 316 g/mol. The third-order valence-electron chi connectivity index (χ3n) is 3.13. The molecule has 0 amide bonds. The highest BCUT2D eigenvalue weighted by molar-refractivity contribution is 9.10. The van der Waals surface area contributed by atoms with Gasteiger partial charge in [0.15, 0.2) is 0 Å². The fraction of sp³-hybridized carbons (Fsp3) is 0.538. The Kier molecular flexibility index (Phi) is 4.59. The number of benzene rings is 1. The fourth-order valence-electron chi connectivity index (χ4n) is 2.05. The summed E-state index contributed by atoms with van der Waals surface area (Å²) in [6.07, 6.45) is 0.162. The maximum atomic E-state index is 13.5. The summed E-state index contributed by atoms with van der Waals surface area (Å²) in [6.45, 7) is 5.30. The molecule has 2 rings (SSSR count). The zero-order chi connectivity index (χ0) is 13.1. The number of halogens is 2. The lowest BCUT2D eigenvalue weighted by Crippen LogP contribution is -2.43. The van der Waals surface area contributed by atoms with Crippen LogP contribution in [0.25, 0.3) is 0 Å². The van der Waals surface area contributed by atoms with E-state index >= 15 is 0 Å². The van der Waals surface area contributed by atoms with Crippen LogP contribution in [0.5, 0.6) is 0 Å². The molecule has 0 spiro atoms. The maximum Gasteiger partial charge on any atom is 0.139 e. The molecule has 1 atom stereocenters. The summed E-state index contributed by atoms with van der Waals surface area (Å²) in [5, 5.41) is 3.26. The smallest absolute Gasteiger partial charge is 0.139 e. The Morgan fingerprint density at radius 1 is 1.56 bits per heavy atom. The number of morpholine rings is 1. The van der Waals surface area contributed by atoms with Crippen molar-refractivity contribution in [3.05, 3.63) is 28.0 Å². The van der Waals surface area contributed by atoms with Crippen LogP contribution in [0.2, 0.25) is 0 Å². The Bertz CT molecular complexity index is 428. The Labute approximate surface area is 115 Å². The molecule has 0 bridgehead atoms. The summed E-state index contributed by atoms with van der Waals surface area (Å²) in [5.41, 5.74) is 1.85. The Morgan fingerprint density at radius 3 is 3.06 bits per heavy atom. The van der Waals surface area contributed by atoms with Gasteiger partial charge in [-0.2, -0.15) is 0 Å². The topological polar surface area (TPSA) is 24.5 Å². The van der Waals surface area contributed by atoms with E-state index in [1.807, 2.05) is 6.92 Å². The molecule has 0 aromatic heterocycles. The van der Waals surface area contributed by atoms with E-state index in [1.54, 1.807) is 6.07 Å². The minimum absolute atomic E-state index is 0.162. The second-order valence-electron chi connectivity index (χ2n) is 4.72. The molecule has 1 aromatic carbocycles. The van der Waals surface area contributed by atoms with Gasteiger partial charge in [0.25, 0.3) is 0 Å². The van der Waals surface area contributed by atoms with E-state index in [0.29, 0.717) is 11.0 Å². The summed E-state index contributed by atoms with van der Waals surface area (Å²) in [5.74, 6) is -0.246. The van der Waals surface area contributed by atoms with Gasteiger partial charge in [0.05, 0.1) is 17.2 Å². The molecule has 3 nitrogen and oxygen atoms in total. The summed E-state index contributed by atoms with van der Waals surface area (Å²) in [7, 11) is 2.08. The van der Waals surface area contributed by atoms with Crippen LogP contribution >= 0.6 is 15.9 Å². The first kappa shape index (κ1) is 13.8. The average Bonchev–Trinajstić information content (AvgIpc) is 2.32. The first-order valence-electron chi connectivity index (χ1n) is 6.06. The van der Waals surface area contributed by atoms with Crippen LogP contribution in [0.15, 0.2) is 16.6 Å². The van der Waals surface area contributed by atoms with E-state index in [1.165, 1.54) is 6.07 Å². The van der Waals surface area contributed by atoms with Crippen molar-refractivity contribution in [1.29, 1.82) is 0 Å². The third-order valence-corrected chi connectivity index (χ3v) is 3.74. The lowest BCUT2D eigenvalue weighted by molar-refractivity contribution is -0.0117. The number of nitrogens with one attached hydrogen (secondary N) is 1. The van der Waals surface area contributed by atoms with Crippen LogP contribution in [-0.2, 0) is 4.74 Å². The molecule has 1 heterocycles. The van der Waals surface area contributed by atoms with E-state index < -0.39 is 0 Å². The summed E-state index contributed by atoms with van der Waals surface area (Å²) in [6, 6.07) is 3.30. The number of likely N-dealkylation sites (N-methyl/N-ethyl adjacent to an activating group) is 1. The van der Waals surface area contributed by atoms with Gasteiger partial charge in [0.2, 0.25) is 0 Å². The first-order valence-corrected chi connectivity index (χ1v) is 6.85. The summed E-state index contributed by atoms with van der Waals surface area (Å²) in [4.78, 5) is 2.24. The molecule has 18 heavy (non-hydrogen) atoms. The molecule has 1 unspecified atom stereocenters. The van der Waals surface area contributed by atoms with E-state index in [0.717, 1.165) is 30.9 Å². The molecule has 1 fully saturated rings. The van der Waals surface area contributed by atoms with Gasteiger partial charge in [0.1, 0.15) is 5.82 Å². The Balaban J connectivity index is 1.95. The molecule has 0 radical (unpaired) electrons. The van der Waals surface area contributed by atoms with Gasteiger partial charge < -0.3 is 15.0 Å². The van der Waals surface area contributed by atoms with Crippen LogP contribution in [0.4, 0.5) is 10.1 Å². The van der Waals surface area contributed by atoms with Crippen molar-refractivity contribution >= 4 is 21.6 Å². The SMILES string of the molecule is Cc1cc(Br)c(F)cc1NCC1CN(C)CCO1. The van der Waals surface area contributed by atoms with Crippen LogP contribution in [0, 0.1) is 12.7 Å². The maximum absolute atomic E-state index is 13.5. The third kappa shape index (κ3) is 3.43.